The number of nitrogens with two attached hydrogens (primary N) is 1. The van der Waals surface area contributed by atoms with Crippen LogP contribution >= 0.6 is 0 Å². The lowest BCUT2D eigenvalue weighted by atomic mass is 9.45. The molecule has 0 aromatic carbocycles. The summed E-state index contributed by atoms with van der Waals surface area (Å²) in [6, 6.07) is 0. The van der Waals surface area contributed by atoms with Crippen molar-refractivity contribution in [2.24, 2.45) is 46.3 Å². The molecule has 0 aromatic heterocycles. The van der Waals surface area contributed by atoms with E-state index >= 15 is 0 Å². The Labute approximate surface area is 161 Å². The second kappa shape index (κ2) is 6.36. The van der Waals surface area contributed by atoms with Crippen LogP contribution < -0.4 is 5.90 Å². The summed E-state index contributed by atoms with van der Waals surface area (Å²) >= 11 is 0. The summed E-state index contributed by atoms with van der Waals surface area (Å²) in [6.07, 6.45) is 8.46. The lowest BCUT2D eigenvalue weighted by Crippen LogP contribution is -2.57. The third kappa shape index (κ3) is 2.62. The second-order valence-electron chi connectivity index (χ2n) is 9.74. The van der Waals surface area contributed by atoms with Crippen LogP contribution in [-0.2, 0) is 14.4 Å². The van der Waals surface area contributed by atoms with E-state index in [0.29, 0.717) is 24.2 Å². The minimum absolute atomic E-state index is 0.0521. The fourth-order valence-corrected chi connectivity index (χ4v) is 7.46. The Morgan fingerprint density at radius 3 is 2.81 bits per heavy atom. The molecule has 0 radical (unpaired) electrons. The number of hydrogen-bond acceptors (Lipinski definition) is 5. The van der Waals surface area contributed by atoms with Gasteiger partial charge in [-0.15, -0.1) is 0 Å². The van der Waals surface area contributed by atoms with Gasteiger partial charge in [-0.1, -0.05) is 32.4 Å². The van der Waals surface area contributed by atoms with Crippen molar-refractivity contribution in [3.63, 3.8) is 0 Å². The summed E-state index contributed by atoms with van der Waals surface area (Å²) in [5.41, 5.74) is 0.683. The van der Waals surface area contributed by atoms with E-state index < -0.39 is 6.10 Å². The highest BCUT2D eigenvalue weighted by atomic mass is 16.6. The number of ketones is 2. The van der Waals surface area contributed by atoms with Gasteiger partial charge >= 0.3 is 0 Å². The van der Waals surface area contributed by atoms with Crippen molar-refractivity contribution >= 4 is 11.6 Å². The average Bonchev–Trinajstić information content (AvgIpc) is 2.93. The number of Topliss-reactive ketones (excluding diaryl/α,β-unsaturated/α-hetero) is 1. The Bertz CT molecular complexity index is 728. The summed E-state index contributed by atoms with van der Waals surface area (Å²) in [5.74, 6) is 6.34. The Morgan fingerprint density at radius 1 is 1.37 bits per heavy atom. The molecule has 0 bridgehead atoms. The molecule has 3 saturated carbocycles. The van der Waals surface area contributed by atoms with Gasteiger partial charge in [0.15, 0.2) is 11.6 Å². The lowest BCUT2D eigenvalue weighted by Gasteiger charge is -2.60. The zero-order valence-corrected chi connectivity index (χ0v) is 16.5. The maximum absolute atomic E-state index is 12.6. The highest BCUT2D eigenvalue weighted by Crippen LogP contribution is 2.66. The standard InChI is InChI=1S/C22H31NO4/c1-12-8-14-15-4-5-16(19(26)11-27-23)22(15,3)10-18(25)20(14)21(2)7-6-13(24)9-17(12)21/h6-7,9,12,14-16,18,20,25H,4-5,8,10-11,23H2,1-3H3/t12-,14?,15?,16?,18?,20+,21?,22?/m0/s1. The van der Waals surface area contributed by atoms with Crippen molar-refractivity contribution < 1.29 is 19.5 Å². The maximum atomic E-state index is 12.6. The van der Waals surface area contributed by atoms with Gasteiger partial charge in [-0.05, 0) is 61.0 Å². The van der Waals surface area contributed by atoms with Gasteiger partial charge in [0.1, 0.15) is 6.61 Å². The number of aliphatic hydroxyl groups is 1. The van der Waals surface area contributed by atoms with Crippen molar-refractivity contribution in [3.8, 4) is 0 Å². The van der Waals surface area contributed by atoms with E-state index in [1.165, 1.54) is 5.57 Å². The molecule has 4 aliphatic carbocycles. The van der Waals surface area contributed by atoms with E-state index in [1.807, 2.05) is 6.08 Å². The predicted octanol–water partition coefficient (Wildman–Crippen LogP) is 2.59. The Morgan fingerprint density at radius 2 is 2.11 bits per heavy atom. The number of allylic oxidation sites excluding steroid dienone is 4. The van der Waals surface area contributed by atoms with E-state index in [-0.39, 0.29) is 40.8 Å². The third-order valence-electron chi connectivity index (χ3n) is 8.43. The van der Waals surface area contributed by atoms with Crippen LogP contribution in [0.4, 0.5) is 0 Å². The number of carbonyl (C=O) groups excluding carboxylic acids is 2. The summed E-state index contributed by atoms with van der Waals surface area (Å²) in [5, 5.41) is 11.3. The average molecular weight is 373 g/mol. The maximum Gasteiger partial charge on any atom is 0.178 e. The summed E-state index contributed by atoms with van der Waals surface area (Å²) in [7, 11) is 0. The van der Waals surface area contributed by atoms with Gasteiger partial charge in [-0.25, -0.2) is 5.90 Å². The zero-order chi connectivity index (χ0) is 19.6. The SMILES string of the molecule is C[C@H]1CC2C3CCC(C(=O)CON)C3(C)CC(O)[C@@H]2C2(C)C=CC(=O)C=C12. The van der Waals surface area contributed by atoms with Crippen molar-refractivity contribution in [1.82, 2.24) is 0 Å². The molecule has 3 fully saturated rings. The largest absolute Gasteiger partial charge is 0.393 e. The molecule has 5 nitrogen and oxygen atoms in total. The molecule has 0 amide bonds. The first-order valence-corrected chi connectivity index (χ1v) is 10.2. The normalized spacial score (nSPS) is 48.5. The number of aliphatic hydroxyl groups excluding tert-OH is 1. The van der Waals surface area contributed by atoms with Crippen LogP contribution in [-0.4, -0.2) is 29.4 Å². The van der Waals surface area contributed by atoms with E-state index in [9.17, 15) is 14.7 Å². The number of hydrogen-bond donors (Lipinski definition) is 2. The van der Waals surface area contributed by atoms with Crippen molar-refractivity contribution in [1.29, 1.82) is 0 Å². The molecule has 8 atom stereocenters. The van der Waals surface area contributed by atoms with E-state index in [4.69, 9.17) is 5.90 Å². The van der Waals surface area contributed by atoms with Crippen LogP contribution in [0.15, 0.2) is 23.8 Å². The number of rotatable bonds is 3. The van der Waals surface area contributed by atoms with Crippen LogP contribution in [0.5, 0.6) is 0 Å². The molecular weight excluding hydrogens is 342 g/mol. The quantitative estimate of drug-likeness (QED) is 0.742. The molecule has 0 heterocycles. The van der Waals surface area contributed by atoms with E-state index in [0.717, 1.165) is 19.3 Å². The molecule has 0 saturated heterocycles. The fraction of sp³-hybridized carbons (Fsp3) is 0.727. The molecule has 0 spiro atoms. The van der Waals surface area contributed by atoms with Crippen molar-refractivity contribution in [3.05, 3.63) is 23.8 Å². The smallest absolute Gasteiger partial charge is 0.178 e. The molecule has 148 valence electrons. The van der Waals surface area contributed by atoms with Crippen molar-refractivity contribution in [2.45, 2.75) is 52.6 Å². The minimum Gasteiger partial charge on any atom is -0.393 e. The van der Waals surface area contributed by atoms with Crippen molar-refractivity contribution in [2.75, 3.05) is 6.61 Å². The van der Waals surface area contributed by atoms with Gasteiger partial charge in [0.05, 0.1) is 6.10 Å². The van der Waals surface area contributed by atoms with E-state index in [2.05, 4.69) is 25.6 Å². The molecule has 0 aliphatic heterocycles. The minimum atomic E-state index is -0.484. The van der Waals surface area contributed by atoms with Crippen LogP contribution in [0, 0.1) is 40.4 Å². The molecule has 5 heteroatoms. The molecule has 6 unspecified atom stereocenters. The lowest BCUT2D eigenvalue weighted by molar-refractivity contribution is -0.144. The third-order valence-corrected chi connectivity index (χ3v) is 8.43. The van der Waals surface area contributed by atoms with Crippen LogP contribution in [0.25, 0.3) is 0 Å². The fourth-order valence-electron chi connectivity index (χ4n) is 7.46. The Kier molecular flexibility index (Phi) is 4.48. The van der Waals surface area contributed by atoms with Gasteiger partial charge in [-0.3, -0.25) is 14.4 Å². The highest BCUT2D eigenvalue weighted by Gasteiger charge is 2.63. The molecule has 0 aromatic rings. The van der Waals surface area contributed by atoms with Gasteiger partial charge in [0.25, 0.3) is 0 Å². The summed E-state index contributed by atoms with van der Waals surface area (Å²) in [4.78, 5) is 29.2. The van der Waals surface area contributed by atoms with Gasteiger partial charge < -0.3 is 5.11 Å². The molecule has 4 rings (SSSR count). The second-order valence-corrected chi connectivity index (χ2v) is 9.74. The summed E-state index contributed by atoms with van der Waals surface area (Å²) in [6.45, 7) is 6.51. The monoisotopic (exact) mass is 373 g/mol. The van der Waals surface area contributed by atoms with Gasteiger partial charge in [0, 0.05) is 17.3 Å². The first-order valence-electron chi connectivity index (χ1n) is 10.2. The highest BCUT2D eigenvalue weighted by molar-refractivity contribution is 6.01. The molecule has 4 aliphatic rings. The predicted molar refractivity (Wildman–Crippen MR) is 101 cm³/mol. The summed E-state index contributed by atoms with van der Waals surface area (Å²) < 4.78 is 0. The topological polar surface area (TPSA) is 89.6 Å². The molecule has 27 heavy (non-hydrogen) atoms. The van der Waals surface area contributed by atoms with Crippen LogP contribution in [0.2, 0.25) is 0 Å². The zero-order valence-electron chi connectivity index (χ0n) is 16.5. The Balaban J connectivity index is 1.71. The Hall–Kier alpha value is -1.30. The number of fused-ring (bicyclic) bond motifs is 5. The van der Waals surface area contributed by atoms with Gasteiger partial charge in [0.2, 0.25) is 0 Å². The van der Waals surface area contributed by atoms with Gasteiger partial charge in [-0.2, -0.15) is 0 Å². The first kappa shape index (κ1) is 19.0. The van der Waals surface area contributed by atoms with Crippen LogP contribution in [0.1, 0.15) is 46.5 Å². The van der Waals surface area contributed by atoms with Crippen LogP contribution in [0.3, 0.4) is 0 Å². The molecule has 3 N–H and O–H groups in total. The molecular formula is C22H31NO4. The van der Waals surface area contributed by atoms with E-state index in [1.54, 1.807) is 12.2 Å². The number of carbonyl (C=O) groups is 2. The first-order chi connectivity index (χ1) is 12.7.